The summed E-state index contributed by atoms with van der Waals surface area (Å²) in [6, 6.07) is 11.7. The van der Waals surface area contributed by atoms with Crippen molar-refractivity contribution >= 4 is 19.7 Å². The van der Waals surface area contributed by atoms with Gasteiger partial charge in [0.05, 0.1) is 35.9 Å². The predicted molar refractivity (Wildman–Crippen MR) is 125 cm³/mol. The number of sulfone groups is 2. The number of hydrogen-bond acceptors (Lipinski definition) is 7. The minimum absolute atomic E-state index is 0.163. The van der Waals surface area contributed by atoms with Crippen LogP contribution in [0.1, 0.15) is 30.9 Å². The summed E-state index contributed by atoms with van der Waals surface area (Å²) in [7, 11) is -4.12. The van der Waals surface area contributed by atoms with E-state index >= 15 is 0 Å². The second-order valence-corrected chi connectivity index (χ2v) is 12.7. The van der Waals surface area contributed by atoms with Gasteiger partial charge in [0.25, 0.3) is 0 Å². The summed E-state index contributed by atoms with van der Waals surface area (Å²) < 4.78 is 61.7. The molecule has 1 saturated heterocycles. The number of methoxy groups -OCH3 is 2. The lowest BCUT2D eigenvalue weighted by Gasteiger charge is -2.20. The summed E-state index contributed by atoms with van der Waals surface area (Å²) in [5.41, 5.74) is 2.01. The molecule has 0 radical (unpaired) electrons. The largest absolute Gasteiger partial charge is 0.493 e. The van der Waals surface area contributed by atoms with Gasteiger partial charge in [-0.05, 0) is 54.3 Å². The van der Waals surface area contributed by atoms with Crippen molar-refractivity contribution in [2.24, 2.45) is 0 Å². The van der Waals surface area contributed by atoms with Crippen molar-refractivity contribution in [3.63, 3.8) is 0 Å². The Kier molecular flexibility index (Phi) is 7.52. The molecule has 3 rings (SSSR count). The molecule has 2 aromatic carbocycles. The van der Waals surface area contributed by atoms with E-state index in [2.05, 4.69) is 5.32 Å². The van der Waals surface area contributed by atoms with Gasteiger partial charge in [-0.25, -0.2) is 16.8 Å². The molecule has 1 N–H and O–H groups in total. The molecule has 2 aromatic rings. The molecule has 9 heteroatoms. The molecule has 0 bridgehead atoms. The zero-order valence-electron chi connectivity index (χ0n) is 18.9. The minimum atomic E-state index is -3.79. The van der Waals surface area contributed by atoms with Crippen LogP contribution in [-0.2, 0) is 26.1 Å². The van der Waals surface area contributed by atoms with Crippen LogP contribution in [0.5, 0.6) is 11.5 Å². The molecule has 1 aliphatic rings. The predicted octanol–water partition coefficient (Wildman–Crippen LogP) is 2.60. The van der Waals surface area contributed by atoms with Gasteiger partial charge in [0.2, 0.25) is 0 Å². The number of ether oxygens (including phenoxy) is 2. The molecule has 0 aromatic heterocycles. The lowest BCUT2D eigenvalue weighted by molar-refractivity contribution is 0.354. The molecular formula is C23H31NO6S2. The maximum atomic E-state index is 13.3. The molecule has 7 nitrogen and oxygen atoms in total. The van der Waals surface area contributed by atoms with E-state index in [-0.39, 0.29) is 22.3 Å². The number of benzene rings is 2. The van der Waals surface area contributed by atoms with E-state index in [9.17, 15) is 16.8 Å². The van der Waals surface area contributed by atoms with E-state index < -0.39 is 31.0 Å². The highest BCUT2D eigenvalue weighted by Crippen LogP contribution is 2.29. The minimum Gasteiger partial charge on any atom is -0.493 e. The van der Waals surface area contributed by atoms with Crippen molar-refractivity contribution in [2.75, 3.05) is 32.3 Å². The Labute approximate surface area is 191 Å². The van der Waals surface area contributed by atoms with Gasteiger partial charge < -0.3 is 14.8 Å². The second-order valence-electron chi connectivity index (χ2n) is 8.38. The van der Waals surface area contributed by atoms with E-state index in [1.807, 2.05) is 32.0 Å². The van der Waals surface area contributed by atoms with Crippen molar-refractivity contribution in [3.05, 3.63) is 53.6 Å². The summed E-state index contributed by atoms with van der Waals surface area (Å²) in [5, 5.41) is 2.17. The molecule has 176 valence electrons. The smallest absolute Gasteiger partial charge is 0.183 e. The van der Waals surface area contributed by atoms with Crippen LogP contribution < -0.4 is 14.8 Å². The van der Waals surface area contributed by atoms with Crippen molar-refractivity contribution in [1.82, 2.24) is 5.32 Å². The molecule has 1 heterocycles. The van der Waals surface area contributed by atoms with Crippen molar-refractivity contribution in [3.8, 4) is 11.5 Å². The average molecular weight is 482 g/mol. The van der Waals surface area contributed by atoms with E-state index in [0.29, 0.717) is 24.5 Å². The normalized spacial score (nSPS) is 20.4. The van der Waals surface area contributed by atoms with Crippen LogP contribution in [-0.4, -0.2) is 60.4 Å². The Morgan fingerprint density at radius 2 is 1.66 bits per heavy atom. The number of nitrogens with one attached hydrogen (secondary N) is 1. The molecule has 0 spiro atoms. The monoisotopic (exact) mass is 481 g/mol. The van der Waals surface area contributed by atoms with Crippen LogP contribution >= 0.6 is 0 Å². The van der Waals surface area contributed by atoms with E-state index in [1.165, 1.54) is 0 Å². The van der Waals surface area contributed by atoms with Crippen LogP contribution in [0, 0.1) is 0 Å². The summed E-state index contributed by atoms with van der Waals surface area (Å²) in [6.45, 7) is 4.50. The van der Waals surface area contributed by atoms with E-state index in [1.54, 1.807) is 38.5 Å². The fraction of sp³-hybridized carbons (Fsp3) is 0.478. The highest BCUT2D eigenvalue weighted by atomic mass is 32.2. The first-order chi connectivity index (χ1) is 15.1. The molecule has 0 unspecified atom stereocenters. The third-order valence-corrected chi connectivity index (χ3v) is 10.0. The van der Waals surface area contributed by atoms with Crippen LogP contribution in [0.3, 0.4) is 0 Å². The topological polar surface area (TPSA) is 98.8 Å². The van der Waals surface area contributed by atoms with Crippen LogP contribution in [0.15, 0.2) is 47.4 Å². The Morgan fingerprint density at radius 3 is 2.25 bits per heavy atom. The Hall–Kier alpha value is -2.10. The maximum Gasteiger partial charge on any atom is 0.183 e. The SMILES string of the molecule is COc1ccc(CCN[C@H]2CS(=O)(=O)C[C@@H]2S(=O)(=O)c2ccc(C(C)C)cc2)cc1OC. The highest BCUT2D eigenvalue weighted by Gasteiger charge is 2.45. The highest BCUT2D eigenvalue weighted by molar-refractivity contribution is 7.96. The molecule has 0 amide bonds. The fourth-order valence-corrected chi connectivity index (χ4v) is 8.68. The molecule has 1 fully saturated rings. The molecule has 1 aliphatic heterocycles. The van der Waals surface area contributed by atoms with Crippen molar-refractivity contribution in [1.29, 1.82) is 0 Å². The van der Waals surface area contributed by atoms with Gasteiger partial charge in [0.1, 0.15) is 0 Å². The third kappa shape index (κ3) is 5.44. The van der Waals surface area contributed by atoms with Gasteiger partial charge >= 0.3 is 0 Å². The van der Waals surface area contributed by atoms with Crippen LogP contribution in [0.25, 0.3) is 0 Å². The Balaban J connectivity index is 1.74. The lowest BCUT2D eigenvalue weighted by atomic mass is 10.0. The van der Waals surface area contributed by atoms with Crippen molar-refractivity contribution in [2.45, 2.75) is 42.4 Å². The lowest BCUT2D eigenvalue weighted by Crippen LogP contribution is -2.44. The van der Waals surface area contributed by atoms with Gasteiger partial charge in [0, 0.05) is 6.04 Å². The Bertz CT molecular complexity index is 1140. The molecule has 2 atom stereocenters. The average Bonchev–Trinajstić information content (AvgIpc) is 3.08. The zero-order valence-corrected chi connectivity index (χ0v) is 20.5. The maximum absolute atomic E-state index is 13.3. The zero-order chi connectivity index (χ0) is 23.5. The second kappa shape index (κ2) is 9.80. The fourth-order valence-electron chi connectivity index (χ4n) is 3.97. The first-order valence-electron chi connectivity index (χ1n) is 10.6. The van der Waals surface area contributed by atoms with Crippen LogP contribution in [0.2, 0.25) is 0 Å². The summed E-state index contributed by atoms with van der Waals surface area (Å²) >= 11 is 0. The van der Waals surface area contributed by atoms with Gasteiger partial charge in [0.15, 0.2) is 31.2 Å². The standard InChI is InChI=1S/C23H31NO6S2/c1-16(2)18-6-8-19(9-7-18)32(27,28)23-15-31(25,26)14-20(23)24-12-11-17-5-10-21(29-3)22(13-17)30-4/h5-10,13,16,20,23-24H,11-12,14-15H2,1-4H3/t20-,23-/m0/s1. The van der Waals surface area contributed by atoms with Gasteiger partial charge in [-0.1, -0.05) is 32.0 Å². The number of hydrogen-bond donors (Lipinski definition) is 1. The summed E-state index contributed by atoms with van der Waals surface area (Å²) in [6.07, 6.45) is 0.590. The first kappa shape index (κ1) is 24.5. The molecule has 32 heavy (non-hydrogen) atoms. The third-order valence-electron chi connectivity index (χ3n) is 5.84. The van der Waals surface area contributed by atoms with E-state index in [0.717, 1.165) is 11.1 Å². The van der Waals surface area contributed by atoms with Gasteiger partial charge in [-0.3, -0.25) is 0 Å². The van der Waals surface area contributed by atoms with Gasteiger partial charge in [-0.2, -0.15) is 0 Å². The number of rotatable bonds is 9. The Morgan fingerprint density at radius 1 is 1.00 bits per heavy atom. The molecular weight excluding hydrogens is 450 g/mol. The van der Waals surface area contributed by atoms with Gasteiger partial charge in [-0.15, -0.1) is 0 Å². The van der Waals surface area contributed by atoms with E-state index in [4.69, 9.17) is 9.47 Å². The summed E-state index contributed by atoms with van der Waals surface area (Å²) in [4.78, 5) is 0.163. The molecule has 0 saturated carbocycles. The molecule has 0 aliphatic carbocycles. The first-order valence-corrected chi connectivity index (χ1v) is 13.9. The van der Waals surface area contributed by atoms with Crippen molar-refractivity contribution < 1.29 is 26.3 Å². The summed E-state index contributed by atoms with van der Waals surface area (Å²) in [5.74, 6) is 0.964. The quantitative estimate of drug-likeness (QED) is 0.588. The van der Waals surface area contributed by atoms with Crippen LogP contribution in [0.4, 0.5) is 0 Å².